The molecule has 5 aromatic carbocycles. The summed E-state index contributed by atoms with van der Waals surface area (Å²) in [5.74, 6) is 0.00164. The number of carbonyl (C=O) groups is 2. The Labute approximate surface area is 309 Å². The highest BCUT2D eigenvalue weighted by Gasteiger charge is 2.32. The topological polar surface area (TPSA) is 191 Å². The molecule has 0 saturated heterocycles. The fourth-order valence-electron chi connectivity index (χ4n) is 6.16. The van der Waals surface area contributed by atoms with Crippen LogP contribution in [0.15, 0.2) is 101 Å². The van der Waals surface area contributed by atoms with Gasteiger partial charge in [-0.05, 0) is 135 Å². The van der Waals surface area contributed by atoms with E-state index >= 15 is 0 Å². The molecule has 0 bridgehead atoms. The number of anilines is 6. The van der Waals surface area contributed by atoms with Crippen molar-refractivity contribution in [2.24, 2.45) is 0 Å². The number of carbonyl (C=O) groups excluding carboxylic acids is 2. The van der Waals surface area contributed by atoms with E-state index in [9.17, 15) is 35.5 Å². The van der Waals surface area contributed by atoms with E-state index in [4.69, 9.17) is 0 Å². The highest BCUT2D eigenvalue weighted by Crippen LogP contribution is 2.38. The van der Waals surface area contributed by atoms with Crippen molar-refractivity contribution >= 4 is 66.2 Å². The molecule has 0 aliphatic heterocycles. The van der Waals surface area contributed by atoms with Gasteiger partial charge >= 0.3 is 10.1 Å². The number of rotatable bonds is 11. The van der Waals surface area contributed by atoms with Crippen molar-refractivity contribution in [3.05, 3.63) is 136 Å². The molecule has 5 rings (SSSR count). The molecule has 0 fully saturated rings. The first kappa shape index (κ1) is 38.6. The van der Waals surface area contributed by atoms with Gasteiger partial charge in [0.25, 0.3) is 10.1 Å². The molecule has 274 valence electrons. The Hall–Kier alpha value is -5.67. The van der Waals surface area contributed by atoms with Crippen molar-refractivity contribution in [2.45, 2.75) is 51.3 Å². The molecule has 14 heteroatoms. The van der Waals surface area contributed by atoms with Gasteiger partial charge in [0.2, 0.25) is 11.8 Å². The lowest BCUT2D eigenvalue weighted by Crippen LogP contribution is -2.13. The van der Waals surface area contributed by atoms with Crippen molar-refractivity contribution in [3.8, 4) is 0 Å². The second kappa shape index (κ2) is 15.1. The summed E-state index contributed by atoms with van der Waals surface area (Å²) in [5.41, 5.74) is 9.09. The maximum atomic E-state index is 12.7. The third-order valence-corrected chi connectivity index (χ3v) is 10.1. The second-order valence-electron chi connectivity index (χ2n) is 12.7. The van der Waals surface area contributed by atoms with Gasteiger partial charge in [-0.2, -0.15) is 16.8 Å². The van der Waals surface area contributed by atoms with Crippen molar-refractivity contribution in [3.63, 3.8) is 0 Å². The molecule has 0 unspecified atom stereocenters. The molecular weight excluding hydrogens is 717 g/mol. The minimum Gasteiger partial charge on any atom is -0.354 e. The van der Waals surface area contributed by atoms with E-state index in [1.807, 2.05) is 52.0 Å². The van der Waals surface area contributed by atoms with Gasteiger partial charge in [-0.1, -0.05) is 0 Å². The number of hydrogen-bond donors (Lipinski definition) is 6. The summed E-state index contributed by atoms with van der Waals surface area (Å²) in [6.07, 6.45) is 0. The summed E-state index contributed by atoms with van der Waals surface area (Å²) in [4.78, 5) is 21.7. The molecular formula is C39H39N4O8S2+. The molecule has 0 aromatic heterocycles. The largest absolute Gasteiger partial charge is 0.354 e. The summed E-state index contributed by atoms with van der Waals surface area (Å²) < 4.78 is 69.3. The number of aryl methyl sites for hydroxylation is 4. The monoisotopic (exact) mass is 755 g/mol. The van der Waals surface area contributed by atoms with E-state index < -0.39 is 30.0 Å². The third-order valence-electron chi connectivity index (χ3n) is 8.39. The van der Waals surface area contributed by atoms with E-state index in [-0.39, 0.29) is 17.4 Å². The summed E-state index contributed by atoms with van der Waals surface area (Å²) in [7, 11) is -9.79. The molecule has 0 saturated carbocycles. The molecule has 0 heterocycles. The maximum Gasteiger partial charge on any atom is 0.315 e. The lowest BCUT2D eigenvalue weighted by atomic mass is 9.85. The molecule has 12 nitrogen and oxygen atoms in total. The Morgan fingerprint density at radius 1 is 0.528 bits per heavy atom. The Balaban J connectivity index is 1.55. The quantitative estimate of drug-likeness (QED) is 0.0440. The van der Waals surface area contributed by atoms with Crippen molar-refractivity contribution in [2.75, 3.05) is 21.3 Å². The van der Waals surface area contributed by atoms with Crippen LogP contribution in [0.4, 0.5) is 34.1 Å². The molecule has 2 amide bonds. The Bertz CT molecular complexity index is 2280. The number of nitrogens with one attached hydrogen (secondary N) is 4. The molecule has 0 aliphatic rings. The first-order valence-electron chi connectivity index (χ1n) is 16.3. The molecule has 6 N–H and O–H groups in total. The van der Waals surface area contributed by atoms with Gasteiger partial charge in [0, 0.05) is 54.0 Å². The van der Waals surface area contributed by atoms with Crippen LogP contribution in [0, 0.1) is 33.6 Å². The fourth-order valence-corrected chi connectivity index (χ4v) is 7.47. The van der Waals surface area contributed by atoms with Gasteiger partial charge in [0.05, 0.1) is 22.6 Å². The lowest BCUT2D eigenvalue weighted by molar-refractivity contribution is -0.115. The normalized spacial score (nSPS) is 11.5. The molecule has 0 aliphatic carbocycles. The molecule has 53 heavy (non-hydrogen) atoms. The van der Waals surface area contributed by atoms with E-state index in [2.05, 4.69) is 21.3 Å². The van der Waals surface area contributed by atoms with Crippen LogP contribution in [-0.2, 0) is 29.8 Å². The first-order valence-corrected chi connectivity index (χ1v) is 19.2. The lowest BCUT2D eigenvalue weighted by Gasteiger charge is -2.18. The number of amides is 2. The highest BCUT2D eigenvalue weighted by molar-refractivity contribution is 7.86. The number of hydrogen-bond acceptors (Lipinski definition) is 8. The van der Waals surface area contributed by atoms with E-state index in [1.165, 1.54) is 19.9 Å². The summed E-state index contributed by atoms with van der Waals surface area (Å²) in [6, 6.07) is 24.6. The average molecular weight is 756 g/mol. The van der Waals surface area contributed by atoms with Crippen LogP contribution in [0.2, 0.25) is 0 Å². The molecule has 0 spiro atoms. The van der Waals surface area contributed by atoms with E-state index in [0.29, 0.717) is 39.8 Å². The Morgan fingerprint density at radius 2 is 0.906 bits per heavy atom. The van der Waals surface area contributed by atoms with Crippen LogP contribution in [0.3, 0.4) is 0 Å². The van der Waals surface area contributed by atoms with Gasteiger partial charge in [0.1, 0.15) is 9.79 Å². The summed E-state index contributed by atoms with van der Waals surface area (Å²) in [5, 5.41) is 12.4. The Morgan fingerprint density at radius 3 is 1.23 bits per heavy atom. The van der Waals surface area contributed by atoms with Gasteiger partial charge < -0.3 is 21.3 Å². The van der Waals surface area contributed by atoms with Crippen LogP contribution in [0.5, 0.6) is 0 Å². The van der Waals surface area contributed by atoms with Crippen LogP contribution < -0.4 is 21.3 Å². The van der Waals surface area contributed by atoms with Crippen molar-refractivity contribution in [1.29, 1.82) is 0 Å². The zero-order valence-electron chi connectivity index (χ0n) is 29.8. The van der Waals surface area contributed by atoms with E-state index in [1.54, 1.807) is 48.5 Å². The summed E-state index contributed by atoms with van der Waals surface area (Å²) in [6.45, 7) is 10.5. The minimum atomic E-state index is -4.99. The molecule has 0 atom stereocenters. The zero-order valence-corrected chi connectivity index (χ0v) is 31.5. The third kappa shape index (κ3) is 9.23. The highest BCUT2D eigenvalue weighted by atomic mass is 32.2. The van der Waals surface area contributed by atoms with Crippen LogP contribution in [0.25, 0.3) is 0 Å². The standard InChI is InChI=1S/C39H38N4O8S2/c1-22-17-32(40-26(5)44)18-23(2)38(22)42-30-11-7-28(8-12-30)37(35-16-15-34(52(46,47)48)21-36(35)53(49,50)51)29-9-13-31(14-10-29)43-39-24(3)19-33(20-25(39)4)41-27(6)45/h7-21,42-43H,1-6H3,(H3-,40,41,44,45,46,47,48,49,50,51)/p+1. The van der Waals surface area contributed by atoms with E-state index in [0.717, 1.165) is 45.8 Å². The van der Waals surface area contributed by atoms with Crippen LogP contribution in [-0.4, -0.2) is 37.8 Å². The van der Waals surface area contributed by atoms with Gasteiger partial charge in [0.15, 0.2) is 0 Å². The average Bonchev–Trinajstić information content (AvgIpc) is 3.04. The Kier molecular flexibility index (Phi) is 11.0. The van der Waals surface area contributed by atoms with Crippen LogP contribution >= 0.6 is 0 Å². The minimum absolute atomic E-state index is 0.00168. The summed E-state index contributed by atoms with van der Waals surface area (Å²) >= 11 is 0. The molecule has 0 radical (unpaired) electrons. The van der Waals surface area contributed by atoms with Gasteiger partial charge in [-0.3, -0.25) is 18.7 Å². The fraction of sp³-hybridized carbons (Fsp3) is 0.154. The maximum absolute atomic E-state index is 12.7. The predicted octanol–water partition coefficient (Wildman–Crippen LogP) is 7.84. The van der Waals surface area contributed by atoms with Crippen molar-refractivity contribution in [1.82, 2.24) is 0 Å². The SMILES string of the molecule is CC(=O)Nc1cc(C)c(Nc2ccc([C+](c3ccc(Nc4c(C)cc(NC(C)=O)cc4C)cc3)c3ccc(S(=O)(=O)O)cc3S(=O)(=O)O)cc2)c(C)c1. The molecule has 5 aromatic rings. The predicted molar refractivity (Wildman–Crippen MR) is 207 cm³/mol. The van der Waals surface area contributed by atoms with Crippen LogP contribution in [0.1, 0.15) is 52.8 Å². The smallest absolute Gasteiger partial charge is 0.315 e. The zero-order chi connectivity index (χ0) is 38.8. The number of benzene rings is 5. The van der Waals surface area contributed by atoms with Gasteiger partial charge in [-0.25, -0.2) is 0 Å². The van der Waals surface area contributed by atoms with Crippen molar-refractivity contribution < 1.29 is 35.5 Å². The first-order chi connectivity index (χ1) is 24.8. The second-order valence-corrected chi connectivity index (χ2v) is 15.5. The van der Waals surface area contributed by atoms with Gasteiger partial charge in [-0.15, -0.1) is 0 Å².